The van der Waals surface area contributed by atoms with Gasteiger partial charge in [-0.2, -0.15) is 0 Å². The molecule has 0 unspecified atom stereocenters. The number of hydrogen-bond acceptors (Lipinski definition) is 2. The Morgan fingerprint density at radius 1 is 0.731 bits per heavy atom. The summed E-state index contributed by atoms with van der Waals surface area (Å²) < 4.78 is 0. The van der Waals surface area contributed by atoms with Gasteiger partial charge >= 0.3 is 0 Å². The highest BCUT2D eigenvalue weighted by molar-refractivity contribution is 6.35. The highest BCUT2D eigenvalue weighted by Crippen LogP contribution is 2.25. The van der Waals surface area contributed by atoms with Crippen LogP contribution in [-0.2, 0) is 12.8 Å². The highest BCUT2D eigenvalue weighted by Gasteiger charge is 2.09. The van der Waals surface area contributed by atoms with Crippen molar-refractivity contribution in [1.82, 2.24) is 0 Å². The van der Waals surface area contributed by atoms with Crippen molar-refractivity contribution in [2.45, 2.75) is 12.8 Å². The first-order chi connectivity index (χ1) is 12.4. The average molecular weight is 432 g/mol. The first-order valence-corrected chi connectivity index (χ1v) is 9.41. The molecule has 0 aliphatic rings. The van der Waals surface area contributed by atoms with Gasteiger partial charge in [0.25, 0.3) is 0 Å². The van der Waals surface area contributed by atoms with Crippen molar-refractivity contribution < 1.29 is 10.2 Å². The second-order valence-corrected chi connectivity index (χ2v) is 7.53. The van der Waals surface area contributed by atoms with Gasteiger partial charge in [0, 0.05) is 20.1 Å². The SMILES string of the molecule is OC/C=C/C(Cc1cc(Cl)cc(Cl)c1)=C(/CO)Cc1cc(Cl)cc(Cl)c1. The number of allylic oxidation sites excluding steroid dienone is 2. The van der Waals surface area contributed by atoms with Gasteiger partial charge in [0.2, 0.25) is 0 Å². The van der Waals surface area contributed by atoms with Crippen LogP contribution in [0.15, 0.2) is 59.7 Å². The molecule has 0 heterocycles. The monoisotopic (exact) mass is 430 g/mol. The first kappa shape index (κ1) is 21.3. The fraction of sp³-hybridized carbons (Fsp3) is 0.200. The molecule has 2 rings (SSSR count). The number of rotatable bonds is 7. The zero-order valence-corrected chi connectivity index (χ0v) is 16.9. The topological polar surface area (TPSA) is 40.5 Å². The van der Waals surface area contributed by atoms with E-state index in [0.29, 0.717) is 32.9 Å². The molecule has 2 N–H and O–H groups in total. The Morgan fingerprint density at radius 3 is 1.62 bits per heavy atom. The summed E-state index contributed by atoms with van der Waals surface area (Å²) in [4.78, 5) is 0. The molecular formula is C20H18Cl4O2. The summed E-state index contributed by atoms with van der Waals surface area (Å²) >= 11 is 24.3. The zero-order chi connectivity index (χ0) is 19.1. The number of halogens is 4. The summed E-state index contributed by atoms with van der Waals surface area (Å²) in [6.07, 6.45) is 4.42. The molecule has 26 heavy (non-hydrogen) atoms. The fourth-order valence-electron chi connectivity index (χ4n) is 2.66. The fourth-order valence-corrected chi connectivity index (χ4v) is 3.80. The van der Waals surface area contributed by atoms with Crippen LogP contribution >= 0.6 is 46.4 Å². The number of benzene rings is 2. The van der Waals surface area contributed by atoms with Crippen LogP contribution in [0.5, 0.6) is 0 Å². The van der Waals surface area contributed by atoms with Crippen LogP contribution in [0.1, 0.15) is 11.1 Å². The molecule has 0 fully saturated rings. The van der Waals surface area contributed by atoms with Crippen LogP contribution in [0, 0.1) is 0 Å². The smallest absolute Gasteiger partial charge is 0.0650 e. The summed E-state index contributed by atoms with van der Waals surface area (Å²) in [5.74, 6) is 0. The minimum absolute atomic E-state index is 0.0957. The minimum atomic E-state index is -0.135. The van der Waals surface area contributed by atoms with Gasteiger partial charge in [-0.05, 0) is 71.5 Å². The molecular weight excluding hydrogens is 414 g/mol. The van der Waals surface area contributed by atoms with E-state index in [0.717, 1.165) is 22.3 Å². The maximum Gasteiger partial charge on any atom is 0.0650 e. The first-order valence-electron chi connectivity index (χ1n) is 7.90. The van der Waals surface area contributed by atoms with Gasteiger partial charge in [-0.3, -0.25) is 0 Å². The Balaban J connectivity index is 2.40. The summed E-state index contributed by atoms with van der Waals surface area (Å²) in [6.45, 7) is -0.231. The molecule has 6 heteroatoms. The van der Waals surface area contributed by atoms with Crippen molar-refractivity contribution in [3.63, 3.8) is 0 Å². The van der Waals surface area contributed by atoms with Gasteiger partial charge in [0.15, 0.2) is 0 Å². The Kier molecular flexibility index (Phi) is 8.49. The molecule has 0 saturated carbocycles. The Hall–Kier alpha value is -1.000. The maximum atomic E-state index is 9.91. The lowest BCUT2D eigenvalue weighted by Crippen LogP contribution is -2.03. The standard InChI is InChI=1S/C20H18Cl4O2/c21-17-6-13(7-18(22)10-17)4-15(2-1-3-25)16(12-26)5-14-8-19(23)11-20(24)9-14/h1-2,6-11,25-26H,3-5,12H2/b2-1+,16-15-. The third-order valence-corrected chi connectivity index (χ3v) is 4.60. The Morgan fingerprint density at radius 2 is 1.19 bits per heavy atom. The largest absolute Gasteiger partial charge is 0.392 e. The van der Waals surface area contributed by atoms with Crippen LogP contribution in [0.25, 0.3) is 0 Å². The molecule has 0 spiro atoms. The van der Waals surface area contributed by atoms with Gasteiger partial charge in [-0.25, -0.2) is 0 Å². The molecule has 0 aliphatic carbocycles. The summed E-state index contributed by atoms with van der Waals surface area (Å²) in [6, 6.07) is 10.6. The van der Waals surface area contributed by atoms with E-state index in [4.69, 9.17) is 51.5 Å². The van der Waals surface area contributed by atoms with Crippen molar-refractivity contribution in [3.05, 3.63) is 90.9 Å². The molecule has 0 saturated heterocycles. The van der Waals surface area contributed by atoms with Crippen molar-refractivity contribution >= 4 is 46.4 Å². The maximum absolute atomic E-state index is 9.91. The zero-order valence-electron chi connectivity index (χ0n) is 13.9. The van der Waals surface area contributed by atoms with Gasteiger partial charge in [0.1, 0.15) is 0 Å². The number of aliphatic hydroxyl groups excluding tert-OH is 2. The van der Waals surface area contributed by atoms with Crippen LogP contribution in [-0.4, -0.2) is 23.4 Å². The van der Waals surface area contributed by atoms with Gasteiger partial charge in [-0.15, -0.1) is 0 Å². The third-order valence-electron chi connectivity index (χ3n) is 3.73. The van der Waals surface area contributed by atoms with Crippen molar-refractivity contribution in [2.75, 3.05) is 13.2 Å². The van der Waals surface area contributed by atoms with Gasteiger partial charge < -0.3 is 10.2 Å². The molecule has 138 valence electrons. The van der Waals surface area contributed by atoms with E-state index in [1.54, 1.807) is 24.3 Å². The number of hydrogen-bond donors (Lipinski definition) is 2. The molecule has 0 radical (unpaired) electrons. The van der Waals surface area contributed by atoms with E-state index in [9.17, 15) is 5.11 Å². The lowest BCUT2D eigenvalue weighted by Gasteiger charge is -2.13. The van der Waals surface area contributed by atoms with Gasteiger partial charge in [0.05, 0.1) is 13.2 Å². The molecule has 2 nitrogen and oxygen atoms in total. The molecule has 0 atom stereocenters. The van der Waals surface area contributed by atoms with E-state index in [2.05, 4.69) is 0 Å². The number of aliphatic hydroxyl groups is 2. The van der Waals surface area contributed by atoms with E-state index in [-0.39, 0.29) is 13.2 Å². The second kappa shape index (κ2) is 10.4. The van der Waals surface area contributed by atoms with Crippen LogP contribution in [0.2, 0.25) is 20.1 Å². The molecule has 0 aliphatic heterocycles. The van der Waals surface area contributed by atoms with E-state index < -0.39 is 0 Å². The normalized spacial score (nSPS) is 12.5. The van der Waals surface area contributed by atoms with Crippen LogP contribution in [0.3, 0.4) is 0 Å². The average Bonchev–Trinajstić information content (AvgIpc) is 2.55. The van der Waals surface area contributed by atoms with E-state index >= 15 is 0 Å². The molecule has 0 bridgehead atoms. The van der Waals surface area contributed by atoms with Crippen LogP contribution in [0.4, 0.5) is 0 Å². The predicted octanol–water partition coefficient (Wildman–Crippen LogP) is 5.92. The quantitative estimate of drug-likeness (QED) is 0.534. The highest BCUT2D eigenvalue weighted by atomic mass is 35.5. The second-order valence-electron chi connectivity index (χ2n) is 5.78. The van der Waals surface area contributed by atoms with Gasteiger partial charge in [-0.1, -0.05) is 58.6 Å². The van der Waals surface area contributed by atoms with E-state index in [1.807, 2.05) is 24.3 Å². The third kappa shape index (κ3) is 6.62. The molecule has 2 aromatic rings. The van der Waals surface area contributed by atoms with Crippen LogP contribution < -0.4 is 0 Å². The van der Waals surface area contributed by atoms with Crippen molar-refractivity contribution in [3.8, 4) is 0 Å². The summed E-state index contributed by atoms with van der Waals surface area (Å²) in [7, 11) is 0. The lowest BCUT2D eigenvalue weighted by atomic mass is 9.95. The Bertz CT molecular complexity index is 788. The molecule has 2 aromatic carbocycles. The molecule has 0 aromatic heterocycles. The summed E-state index contributed by atoms with van der Waals surface area (Å²) in [5.41, 5.74) is 3.47. The molecule has 0 amide bonds. The summed E-state index contributed by atoms with van der Waals surface area (Å²) in [5, 5.41) is 21.2. The lowest BCUT2D eigenvalue weighted by molar-refractivity contribution is 0.327. The van der Waals surface area contributed by atoms with E-state index in [1.165, 1.54) is 0 Å². The Labute approximate surface area is 173 Å². The van der Waals surface area contributed by atoms with Crippen molar-refractivity contribution in [2.24, 2.45) is 0 Å². The van der Waals surface area contributed by atoms with Crippen molar-refractivity contribution in [1.29, 1.82) is 0 Å². The minimum Gasteiger partial charge on any atom is -0.392 e. The predicted molar refractivity (Wildman–Crippen MR) is 111 cm³/mol.